The highest BCUT2D eigenvalue weighted by Gasteiger charge is 2.25. The molecule has 6 N–H and O–H groups in total. The summed E-state index contributed by atoms with van der Waals surface area (Å²) in [5.74, 6) is -3.29. The molecular weight excluding hydrogens is 472 g/mol. The van der Waals surface area contributed by atoms with Crippen LogP contribution in [0.15, 0.2) is 24.4 Å². The van der Waals surface area contributed by atoms with E-state index in [1.165, 1.54) is 6.08 Å². The van der Waals surface area contributed by atoms with Gasteiger partial charge in [-0.25, -0.2) is 0 Å². The molecule has 0 aromatic rings. The number of allylic oxidation sites excluding steroid dienone is 1. The third-order valence-corrected chi connectivity index (χ3v) is 4.67. The molecule has 0 radical (unpaired) electrons. The fraction of sp³-hybridized carbons (Fsp3) is 0.565. The van der Waals surface area contributed by atoms with Crippen molar-refractivity contribution < 1.29 is 33.5 Å². The first-order valence-corrected chi connectivity index (χ1v) is 11.5. The van der Waals surface area contributed by atoms with Crippen molar-refractivity contribution in [2.24, 2.45) is 5.73 Å². The average molecular weight is 509 g/mol. The molecule has 0 aromatic heterocycles. The molecule has 0 aromatic carbocycles. The molecule has 200 valence electrons. The highest BCUT2D eigenvalue weighted by molar-refractivity contribution is 5.93. The Morgan fingerprint density at radius 3 is 2.17 bits per heavy atom. The molecule has 13 nitrogen and oxygen atoms in total. The molecule has 0 unspecified atom stereocenters. The van der Waals surface area contributed by atoms with Crippen LogP contribution in [0, 0.1) is 0 Å². The Morgan fingerprint density at radius 2 is 1.61 bits per heavy atom. The maximum atomic E-state index is 12.7. The van der Waals surface area contributed by atoms with Crippen LogP contribution in [-0.4, -0.2) is 84.8 Å². The highest BCUT2D eigenvalue weighted by Crippen LogP contribution is 2.13. The molecule has 1 rings (SSSR count). The molecule has 0 aliphatic carbocycles. The summed E-state index contributed by atoms with van der Waals surface area (Å²) in [5, 5.41) is 9.92. The van der Waals surface area contributed by atoms with Gasteiger partial charge in [0.05, 0.1) is 32.1 Å². The number of hydrogen-bond acceptors (Lipinski definition) is 8. The van der Waals surface area contributed by atoms with E-state index < -0.39 is 54.3 Å². The number of ether oxygens (including phenoxy) is 1. The van der Waals surface area contributed by atoms with Crippen LogP contribution in [0.3, 0.4) is 0 Å². The summed E-state index contributed by atoms with van der Waals surface area (Å²) in [6.45, 7) is 8.58. The van der Waals surface area contributed by atoms with E-state index in [0.717, 1.165) is 0 Å². The number of primary amides is 1. The molecule has 1 aliphatic heterocycles. The minimum Gasteiger partial charge on any atom is -0.460 e. The standard InChI is InChI=1S/C23H36N6O7/c1-15-7-8-20(33)29(15)10-6-5-9-25-16(11-21(34)36-23(2,3)4)22(35)28-14-19(32)27-13-18(31)26-12-17(24)30/h7-8,16,25H,1,5-6,9-14H2,2-4H3,(H2,24,30)(H,26,31)(H,27,32)(H,28,35)/t16-/m0/s1. The predicted molar refractivity (Wildman–Crippen MR) is 130 cm³/mol. The zero-order valence-electron chi connectivity index (χ0n) is 21.0. The highest BCUT2D eigenvalue weighted by atomic mass is 16.6. The number of nitrogens with zero attached hydrogens (tertiary/aromatic N) is 1. The molecule has 0 saturated heterocycles. The van der Waals surface area contributed by atoms with Crippen LogP contribution >= 0.6 is 0 Å². The van der Waals surface area contributed by atoms with Crippen molar-refractivity contribution in [1.82, 2.24) is 26.2 Å². The van der Waals surface area contributed by atoms with Crippen LogP contribution < -0.4 is 27.0 Å². The van der Waals surface area contributed by atoms with E-state index in [2.05, 4.69) is 27.8 Å². The summed E-state index contributed by atoms with van der Waals surface area (Å²) in [7, 11) is 0. The molecule has 0 fully saturated rings. The van der Waals surface area contributed by atoms with Crippen LogP contribution in [0.4, 0.5) is 0 Å². The monoisotopic (exact) mass is 508 g/mol. The van der Waals surface area contributed by atoms with E-state index in [9.17, 15) is 28.8 Å². The molecular formula is C23H36N6O7. The van der Waals surface area contributed by atoms with Crippen molar-refractivity contribution in [2.75, 3.05) is 32.7 Å². The van der Waals surface area contributed by atoms with Crippen LogP contribution in [0.5, 0.6) is 0 Å². The Bertz CT molecular complexity index is 876. The van der Waals surface area contributed by atoms with E-state index in [0.29, 0.717) is 31.6 Å². The summed E-state index contributed by atoms with van der Waals surface area (Å²) in [6, 6.07) is -0.962. The number of unbranched alkanes of at least 4 members (excludes halogenated alkanes) is 1. The van der Waals surface area contributed by atoms with Crippen LogP contribution in [0.1, 0.15) is 40.0 Å². The maximum Gasteiger partial charge on any atom is 0.308 e. The van der Waals surface area contributed by atoms with Gasteiger partial charge in [-0.1, -0.05) is 6.58 Å². The number of rotatable bonds is 15. The van der Waals surface area contributed by atoms with Gasteiger partial charge in [0.2, 0.25) is 23.6 Å². The van der Waals surface area contributed by atoms with E-state index in [4.69, 9.17) is 10.5 Å². The van der Waals surface area contributed by atoms with Gasteiger partial charge in [0.1, 0.15) is 5.60 Å². The Hall–Kier alpha value is -3.74. The number of amides is 5. The molecule has 5 amide bonds. The molecule has 0 saturated carbocycles. The van der Waals surface area contributed by atoms with Crippen LogP contribution in [0.25, 0.3) is 0 Å². The van der Waals surface area contributed by atoms with Crippen molar-refractivity contribution in [3.63, 3.8) is 0 Å². The molecule has 0 spiro atoms. The Balaban J connectivity index is 2.52. The van der Waals surface area contributed by atoms with Gasteiger partial charge in [0.15, 0.2) is 0 Å². The van der Waals surface area contributed by atoms with Gasteiger partial charge < -0.3 is 36.6 Å². The number of nitrogens with two attached hydrogens (primary N) is 1. The zero-order chi connectivity index (χ0) is 27.3. The van der Waals surface area contributed by atoms with Crippen molar-refractivity contribution in [3.05, 3.63) is 24.4 Å². The normalized spacial score (nSPS) is 13.8. The fourth-order valence-corrected chi connectivity index (χ4v) is 3.00. The quantitative estimate of drug-likeness (QED) is 0.126. The number of esters is 1. The molecule has 1 atom stereocenters. The van der Waals surface area contributed by atoms with Gasteiger partial charge in [0.25, 0.3) is 5.91 Å². The number of carbonyl (C=O) groups excluding carboxylic acids is 6. The maximum absolute atomic E-state index is 12.7. The van der Waals surface area contributed by atoms with Gasteiger partial charge in [-0.2, -0.15) is 0 Å². The van der Waals surface area contributed by atoms with Gasteiger partial charge in [-0.3, -0.25) is 28.8 Å². The van der Waals surface area contributed by atoms with E-state index in [1.54, 1.807) is 31.7 Å². The first kappa shape index (κ1) is 30.3. The SMILES string of the molecule is C=C1C=CC(=O)N1CCCCN[C@@H](CC(=O)OC(C)(C)C)C(=O)NCC(=O)NCC(=O)NCC(N)=O. The topological polar surface area (TPSA) is 189 Å². The molecule has 36 heavy (non-hydrogen) atoms. The van der Waals surface area contributed by atoms with E-state index >= 15 is 0 Å². The van der Waals surface area contributed by atoms with Gasteiger partial charge in [-0.05, 0) is 46.2 Å². The van der Waals surface area contributed by atoms with Gasteiger partial charge in [0, 0.05) is 18.3 Å². The van der Waals surface area contributed by atoms with E-state index in [-0.39, 0.29) is 18.9 Å². The Kier molecular flexibility index (Phi) is 12.3. The van der Waals surface area contributed by atoms with Crippen molar-refractivity contribution in [2.45, 2.75) is 51.7 Å². The summed E-state index contributed by atoms with van der Waals surface area (Å²) in [6.07, 6.45) is 4.08. The number of carbonyl (C=O) groups is 6. The van der Waals surface area contributed by atoms with Gasteiger partial charge in [-0.15, -0.1) is 0 Å². The summed E-state index contributed by atoms with van der Waals surface area (Å²) >= 11 is 0. The zero-order valence-corrected chi connectivity index (χ0v) is 21.0. The third kappa shape index (κ3) is 12.6. The summed E-state index contributed by atoms with van der Waals surface area (Å²) in [5.41, 5.74) is 4.81. The largest absolute Gasteiger partial charge is 0.460 e. The van der Waals surface area contributed by atoms with Gasteiger partial charge >= 0.3 is 5.97 Å². The molecule has 0 bridgehead atoms. The van der Waals surface area contributed by atoms with E-state index in [1.807, 2.05) is 0 Å². The summed E-state index contributed by atoms with van der Waals surface area (Å²) < 4.78 is 5.29. The second kappa shape index (κ2) is 14.6. The lowest BCUT2D eigenvalue weighted by molar-refractivity contribution is -0.156. The first-order valence-electron chi connectivity index (χ1n) is 11.5. The molecule has 1 aliphatic rings. The molecule has 1 heterocycles. The first-order chi connectivity index (χ1) is 16.8. The van der Waals surface area contributed by atoms with Crippen LogP contribution in [-0.2, 0) is 33.5 Å². The lowest BCUT2D eigenvalue weighted by Crippen LogP contribution is -2.49. The number of nitrogens with one attached hydrogen (secondary N) is 4. The van der Waals surface area contributed by atoms with Crippen LogP contribution in [0.2, 0.25) is 0 Å². The minimum absolute atomic E-state index is 0.126. The lowest BCUT2D eigenvalue weighted by Gasteiger charge is -2.23. The Labute approximate surface area is 210 Å². The lowest BCUT2D eigenvalue weighted by atomic mass is 10.1. The summed E-state index contributed by atoms with van der Waals surface area (Å²) in [4.78, 5) is 72.3. The number of hydrogen-bond donors (Lipinski definition) is 5. The van der Waals surface area contributed by atoms with Crippen molar-refractivity contribution in [3.8, 4) is 0 Å². The molecule has 13 heteroatoms. The predicted octanol–water partition coefficient (Wildman–Crippen LogP) is -1.80. The minimum atomic E-state index is -0.962. The average Bonchev–Trinajstić information content (AvgIpc) is 3.09. The van der Waals surface area contributed by atoms with Crippen molar-refractivity contribution >= 4 is 35.5 Å². The second-order valence-corrected chi connectivity index (χ2v) is 9.06. The van der Waals surface area contributed by atoms with Crippen molar-refractivity contribution in [1.29, 1.82) is 0 Å². The smallest absolute Gasteiger partial charge is 0.308 e. The fourth-order valence-electron chi connectivity index (χ4n) is 3.00. The second-order valence-electron chi connectivity index (χ2n) is 9.06. The Morgan fingerprint density at radius 1 is 1.00 bits per heavy atom. The third-order valence-electron chi connectivity index (χ3n) is 4.67.